The lowest BCUT2D eigenvalue weighted by atomic mass is 9.85. The molecule has 2 aromatic carbocycles. The van der Waals surface area contributed by atoms with Crippen molar-refractivity contribution in [3.05, 3.63) is 59.7 Å². The smallest absolute Gasteiger partial charge is 0.415 e. The molecule has 1 amide bonds. The molecule has 1 fully saturated rings. The van der Waals surface area contributed by atoms with Crippen LogP contribution < -0.4 is 9.47 Å². The maximum atomic E-state index is 12.8. The molecule has 0 radical (unpaired) electrons. The number of aliphatic carboxylic acids is 1. The standard InChI is InChI=1S/C26H33NO6/c1-3-31-24(25(28)29)17-20-11-13-22(14-12-20)32-16-15-27(18-21-8-6-9-21)26(30)33-23-10-5-4-7-19(23)2/h4-5,7,10-14,21,24H,3,6,8-9,15-18H2,1-2H3,(H,28,29). The topological polar surface area (TPSA) is 85.3 Å². The van der Waals surface area contributed by atoms with Gasteiger partial charge in [0.25, 0.3) is 0 Å². The maximum absolute atomic E-state index is 12.8. The van der Waals surface area contributed by atoms with E-state index >= 15 is 0 Å². The molecule has 2 aromatic rings. The number of nitrogens with zero attached hydrogens (tertiary/aromatic N) is 1. The molecule has 0 saturated heterocycles. The van der Waals surface area contributed by atoms with Gasteiger partial charge in [-0.25, -0.2) is 9.59 Å². The zero-order chi connectivity index (χ0) is 23.6. The van der Waals surface area contributed by atoms with Gasteiger partial charge in [0.1, 0.15) is 18.1 Å². The Hall–Kier alpha value is -3.06. The first kappa shape index (κ1) is 24.6. The van der Waals surface area contributed by atoms with Gasteiger partial charge >= 0.3 is 12.1 Å². The van der Waals surface area contributed by atoms with Crippen LogP contribution in [0.25, 0.3) is 0 Å². The molecule has 1 unspecified atom stereocenters. The van der Waals surface area contributed by atoms with E-state index in [-0.39, 0.29) is 6.09 Å². The van der Waals surface area contributed by atoms with Crippen LogP contribution >= 0.6 is 0 Å². The molecule has 3 rings (SSSR count). The lowest BCUT2D eigenvalue weighted by Gasteiger charge is -2.31. The van der Waals surface area contributed by atoms with Gasteiger partial charge < -0.3 is 24.2 Å². The molecular formula is C26H33NO6. The van der Waals surface area contributed by atoms with Gasteiger partial charge in [0, 0.05) is 19.6 Å². The predicted octanol–water partition coefficient (Wildman–Crippen LogP) is 4.71. The number of ether oxygens (including phenoxy) is 3. The number of benzene rings is 2. The van der Waals surface area contributed by atoms with Crippen LogP contribution in [0.15, 0.2) is 48.5 Å². The zero-order valence-corrected chi connectivity index (χ0v) is 19.4. The maximum Gasteiger partial charge on any atom is 0.415 e. The average molecular weight is 456 g/mol. The molecule has 0 spiro atoms. The van der Waals surface area contributed by atoms with Crippen LogP contribution in [-0.4, -0.2) is 54.5 Å². The number of carboxylic acids is 1. The number of carbonyl (C=O) groups excluding carboxylic acids is 1. The first-order valence-electron chi connectivity index (χ1n) is 11.5. The number of para-hydroxylation sites is 1. The van der Waals surface area contributed by atoms with E-state index in [0.717, 1.165) is 24.0 Å². The Kier molecular flexibility index (Phi) is 9.13. The van der Waals surface area contributed by atoms with Gasteiger partial charge in [-0.3, -0.25) is 0 Å². The number of carbonyl (C=O) groups is 2. The molecule has 1 saturated carbocycles. The summed E-state index contributed by atoms with van der Waals surface area (Å²) in [4.78, 5) is 25.8. The summed E-state index contributed by atoms with van der Waals surface area (Å²) in [5.74, 6) is 0.782. The van der Waals surface area contributed by atoms with Crippen LogP contribution in [0.1, 0.15) is 37.3 Å². The third-order valence-corrected chi connectivity index (χ3v) is 5.87. The fourth-order valence-corrected chi connectivity index (χ4v) is 3.70. The zero-order valence-electron chi connectivity index (χ0n) is 19.4. The van der Waals surface area contributed by atoms with E-state index in [1.54, 1.807) is 17.9 Å². The second kappa shape index (κ2) is 12.3. The Labute approximate surface area is 195 Å². The first-order valence-corrected chi connectivity index (χ1v) is 11.5. The van der Waals surface area contributed by atoms with Crippen LogP contribution in [-0.2, 0) is 16.0 Å². The molecule has 1 N–H and O–H groups in total. The fourth-order valence-electron chi connectivity index (χ4n) is 3.70. The normalized spacial score (nSPS) is 14.2. The van der Waals surface area contributed by atoms with Crippen molar-refractivity contribution in [1.82, 2.24) is 4.90 Å². The van der Waals surface area contributed by atoms with Gasteiger partial charge in [0.05, 0.1) is 6.54 Å². The quantitative estimate of drug-likeness (QED) is 0.499. The number of hydrogen-bond donors (Lipinski definition) is 1. The number of hydrogen-bond acceptors (Lipinski definition) is 5. The van der Waals surface area contributed by atoms with Crippen molar-refractivity contribution in [3.63, 3.8) is 0 Å². The van der Waals surface area contributed by atoms with Crippen LogP contribution in [0.3, 0.4) is 0 Å². The van der Waals surface area contributed by atoms with Crippen molar-refractivity contribution in [2.24, 2.45) is 5.92 Å². The summed E-state index contributed by atoms with van der Waals surface area (Å²) in [5, 5.41) is 9.23. The fraction of sp³-hybridized carbons (Fsp3) is 0.462. The lowest BCUT2D eigenvalue weighted by Crippen LogP contribution is -2.41. The summed E-state index contributed by atoms with van der Waals surface area (Å²) in [5.41, 5.74) is 1.77. The minimum absolute atomic E-state index is 0.295. The van der Waals surface area contributed by atoms with Crippen LogP contribution in [0.4, 0.5) is 4.79 Å². The molecule has 0 aliphatic heterocycles. The second-order valence-electron chi connectivity index (χ2n) is 8.36. The van der Waals surface area contributed by atoms with Crippen molar-refractivity contribution in [3.8, 4) is 11.5 Å². The highest BCUT2D eigenvalue weighted by Crippen LogP contribution is 2.27. The van der Waals surface area contributed by atoms with Gasteiger partial charge in [0.2, 0.25) is 0 Å². The Balaban J connectivity index is 1.53. The molecule has 7 nitrogen and oxygen atoms in total. The molecule has 33 heavy (non-hydrogen) atoms. The Morgan fingerprint density at radius 1 is 1.12 bits per heavy atom. The van der Waals surface area contributed by atoms with Gasteiger partial charge in [-0.15, -0.1) is 0 Å². The Bertz CT molecular complexity index is 909. The largest absolute Gasteiger partial charge is 0.492 e. The number of amides is 1. The van der Waals surface area contributed by atoms with Crippen LogP contribution in [0, 0.1) is 12.8 Å². The van der Waals surface area contributed by atoms with Gasteiger partial charge in [-0.2, -0.15) is 0 Å². The highest BCUT2D eigenvalue weighted by Gasteiger charge is 2.25. The molecule has 0 heterocycles. The summed E-state index contributed by atoms with van der Waals surface area (Å²) >= 11 is 0. The molecule has 178 valence electrons. The van der Waals surface area contributed by atoms with Gasteiger partial charge in [-0.05, 0) is 61.9 Å². The highest BCUT2D eigenvalue weighted by atomic mass is 16.6. The molecule has 1 aliphatic carbocycles. The van der Waals surface area contributed by atoms with E-state index in [9.17, 15) is 14.7 Å². The summed E-state index contributed by atoms with van der Waals surface area (Å²) in [6.07, 6.45) is 2.56. The molecule has 0 aromatic heterocycles. The van der Waals surface area contributed by atoms with E-state index in [1.807, 2.05) is 49.4 Å². The Morgan fingerprint density at radius 3 is 2.45 bits per heavy atom. The number of aryl methyl sites for hydroxylation is 1. The third kappa shape index (κ3) is 7.49. The molecule has 1 aliphatic rings. The molecular weight excluding hydrogens is 422 g/mol. The van der Waals surface area contributed by atoms with Crippen molar-refractivity contribution in [2.75, 3.05) is 26.3 Å². The van der Waals surface area contributed by atoms with Crippen molar-refractivity contribution in [1.29, 1.82) is 0 Å². The van der Waals surface area contributed by atoms with Gasteiger partial charge in [0.15, 0.2) is 6.10 Å². The van der Waals surface area contributed by atoms with E-state index in [0.29, 0.717) is 50.1 Å². The molecule has 7 heteroatoms. The second-order valence-corrected chi connectivity index (χ2v) is 8.36. The summed E-state index contributed by atoms with van der Waals surface area (Å²) in [6.45, 7) is 5.47. The van der Waals surface area contributed by atoms with Crippen molar-refractivity contribution < 1.29 is 28.9 Å². The summed E-state index contributed by atoms with van der Waals surface area (Å²) < 4.78 is 16.8. The predicted molar refractivity (Wildman–Crippen MR) is 125 cm³/mol. The van der Waals surface area contributed by atoms with E-state index in [1.165, 1.54) is 6.42 Å². The third-order valence-electron chi connectivity index (χ3n) is 5.87. The number of rotatable bonds is 12. The first-order chi connectivity index (χ1) is 16.0. The summed E-state index contributed by atoms with van der Waals surface area (Å²) in [7, 11) is 0. The van der Waals surface area contributed by atoms with Crippen LogP contribution in [0.2, 0.25) is 0 Å². The van der Waals surface area contributed by atoms with Gasteiger partial charge in [-0.1, -0.05) is 36.8 Å². The van der Waals surface area contributed by atoms with E-state index in [4.69, 9.17) is 14.2 Å². The minimum atomic E-state index is -0.971. The molecule has 1 atom stereocenters. The van der Waals surface area contributed by atoms with Crippen molar-refractivity contribution >= 4 is 12.1 Å². The summed E-state index contributed by atoms with van der Waals surface area (Å²) in [6, 6.07) is 14.8. The number of carboxylic acid groups (broad SMARTS) is 1. The molecule has 0 bridgehead atoms. The monoisotopic (exact) mass is 455 g/mol. The Morgan fingerprint density at radius 2 is 1.85 bits per heavy atom. The van der Waals surface area contributed by atoms with E-state index < -0.39 is 12.1 Å². The average Bonchev–Trinajstić information content (AvgIpc) is 2.77. The van der Waals surface area contributed by atoms with Crippen molar-refractivity contribution in [2.45, 2.75) is 45.6 Å². The lowest BCUT2D eigenvalue weighted by molar-refractivity contribution is -0.149. The minimum Gasteiger partial charge on any atom is -0.492 e. The van der Waals surface area contributed by atoms with Crippen LogP contribution in [0.5, 0.6) is 11.5 Å². The highest BCUT2D eigenvalue weighted by molar-refractivity contribution is 5.72. The van der Waals surface area contributed by atoms with E-state index in [2.05, 4.69) is 0 Å². The SMILES string of the molecule is CCOC(Cc1ccc(OCCN(CC2CCC2)C(=O)Oc2ccccc2C)cc1)C(=O)O.